The maximum atomic E-state index is 9.25. The van der Waals surface area contributed by atoms with Crippen LogP contribution in [0.3, 0.4) is 0 Å². The van der Waals surface area contributed by atoms with Crippen LogP contribution < -0.4 is 21.1 Å². The molecule has 4 N–H and O–H groups in total. The highest BCUT2D eigenvalue weighted by Gasteiger charge is 2.15. The molecule has 7 heteroatoms. The lowest BCUT2D eigenvalue weighted by Gasteiger charge is -2.20. The Labute approximate surface area is 185 Å². The molecule has 1 aliphatic rings. The molecule has 0 saturated carbocycles. The average molecular weight is 422 g/mol. The minimum Gasteiger partial charge on any atom is -0.495 e. The molecule has 0 atom stereocenters. The Bertz CT molecular complexity index is 1380. The average Bonchev–Trinajstić information content (AvgIpc) is 2.82. The first kappa shape index (κ1) is 19.8. The number of nitriles is 1. The van der Waals surface area contributed by atoms with Gasteiger partial charge in [0, 0.05) is 23.8 Å². The van der Waals surface area contributed by atoms with Crippen LogP contribution >= 0.6 is 0 Å². The first-order valence-corrected chi connectivity index (χ1v) is 10.4. The van der Waals surface area contributed by atoms with Gasteiger partial charge in [-0.1, -0.05) is 12.1 Å². The van der Waals surface area contributed by atoms with Crippen molar-refractivity contribution in [3.63, 3.8) is 0 Å². The first-order chi connectivity index (χ1) is 15.6. The minimum atomic E-state index is 0.488. The number of nitrogens with zero attached hydrogens (tertiary/aromatic N) is 3. The van der Waals surface area contributed by atoms with E-state index in [1.54, 1.807) is 19.4 Å². The largest absolute Gasteiger partial charge is 0.495 e. The Balaban J connectivity index is 1.51. The van der Waals surface area contributed by atoms with Crippen molar-refractivity contribution in [3.8, 4) is 22.9 Å². The molecule has 1 aliphatic heterocycles. The molecular formula is C25H22N6O. The summed E-state index contributed by atoms with van der Waals surface area (Å²) in [7, 11) is 1.67. The topological polar surface area (TPSA) is 109 Å². The quantitative estimate of drug-likeness (QED) is 0.424. The zero-order valence-electron chi connectivity index (χ0n) is 17.6. The van der Waals surface area contributed by atoms with Crippen molar-refractivity contribution >= 4 is 28.2 Å². The Morgan fingerprint density at radius 1 is 1.09 bits per heavy atom. The van der Waals surface area contributed by atoms with Crippen molar-refractivity contribution in [1.82, 2.24) is 15.3 Å². The molecule has 0 spiro atoms. The second-order valence-electron chi connectivity index (χ2n) is 7.80. The fourth-order valence-electron chi connectivity index (χ4n) is 4.04. The van der Waals surface area contributed by atoms with Crippen molar-refractivity contribution in [2.45, 2.75) is 13.0 Å². The van der Waals surface area contributed by atoms with E-state index in [1.807, 2.05) is 30.3 Å². The fraction of sp³-hybridized carbons (Fsp3) is 0.160. The van der Waals surface area contributed by atoms with E-state index < -0.39 is 0 Å². The normalized spacial score (nSPS) is 12.8. The highest BCUT2D eigenvalue weighted by Crippen LogP contribution is 2.32. The van der Waals surface area contributed by atoms with Gasteiger partial charge in [-0.05, 0) is 71.6 Å². The minimum absolute atomic E-state index is 0.488. The zero-order chi connectivity index (χ0) is 22.1. The number of ether oxygens (including phenoxy) is 1. The van der Waals surface area contributed by atoms with Crippen molar-refractivity contribution in [1.29, 1.82) is 5.26 Å². The number of fused-ring (bicyclic) bond motifs is 2. The molecule has 2 heterocycles. The van der Waals surface area contributed by atoms with Gasteiger partial charge in [0.15, 0.2) is 0 Å². The molecule has 5 rings (SSSR count). The monoisotopic (exact) mass is 422 g/mol. The summed E-state index contributed by atoms with van der Waals surface area (Å²) in [6.07, 6.45) is 2.78. The number of anilines is 3. The molecular weight excluding hydrogens is 400 g/mol. The summed E-state index contributed by atoms with van der Waals surface area (Å²) in [5, 5.41) is 16.9. The van der Waals surface area contributed by atoms with E-state index in [4.69, 9.17) is 15.5 Å². The van der Waals surface area contributed by atoms with Crippen molar-refractivity contribution in [3.05, 3.63) is 71.4 Å². The summed E-state index contributed by atoms with van der Waals surface area (Å²) in [5.41, 5.74) is 13.0. The number of rotatable bonds is 4. The first-order valence-electron chi connectivity index (χ1n) is 10.4. The van der Waals surface area contributed by atoms with E-state index in [9.17, 15) is 5.26 Å². The molecule has 7 nitrogen and oxygen atoms in total. The summed E-state index contributed by atoms with van der Waals surface area (Å²) in [5.74, 6) is 1.26. The third-order valence-corrected chi connectivity index (χ3v) is 5.66. The van der Waals surface area contributed by atoms with Crippen LogP contribution in [0.4, 0.5) is 17.3 Å². The molecule has 0 aliphatic carbocycles. The van der Waals surface area contributed by atoms with Gasteiger partial charge in [-0.25, -0.2) is 9.97 Å². The van der Waals surface area contributed by atoms with E-state index in [0.717, 1.165) is 53.0 Å². The molecule has 4 aromatic rings. The highest BCUT2D eigenvalue weighted by atomic mass is 16.5. The summed E-state index contributed by atoms with van der Waals surface area (Å²) in [6.45, 7) is 1.81. The lowest BCUT2D eigenvalue weighted by atomic mass is 10.00. The van der Waals surface area contributed by atoms with Crippen LogP contribution in [0, 0.1) is 11.3 Å². The highest BCUT2D eigenvalue weighted by molar-refractivity contribution is 5.85. The maximum Gasteiger partial charge on any atom is 0.227 e. The number of benzene rings is 3. The summed E-state index contributed by atoms with van der Waals surface area (Å²) in [4.78, 5) is 9.20. The summed E-state index contributed by atoms with van der Waals surface area (Å²) in [6, 6.07) is 17.6. The number of hydrogen-bond acceptors (Lipinski definition) is 7. The molecule has 1 aromatic heterocycles. The van der Waals surface area contributed by atoms with Crippen LogP contribution in [-0.2, 0) is 13.0 Å². The molecule has 0 amide bonds. The third kappa shape index (κ3) is 3.80. The number of hydrogen-bond donors (Lipinski definition) is 3. The number of methoxy groups -OCH3 is 1. The molecule has 0 fully saturated rings. The van der Waals surface area contributed by atoms with E-state index in [1.165, 1.54) is 11.1 Å². The molecule has 0 bridgehead atoms. The zero-order valence-corrected chi connectivity index (χ0v) is 17.6. The van der Waals surface area contributed by atoms with Gasteiger partial charge < -0.3 is 21.1 Å². The molecule has 0 saturated heterocycles. The maximum absolute atomic E-state index is 9.25. The molecule has 0 radical (unpaired) electrons. The van der Waals surface area contributed by atoms with Gasteiger partial charge in [-0.3, -0.25) is 0 Å². The number of nitrogen functional groups attached to an aromatic ring is 1. The van der Waals surface area contributed by atoms with Gasteiger partial charge in [-0.2, -0.15) is 5.26 Å². The van der Waals surface area contributed by atoms with Gasteiger partial charge in [0.05, 0.1) is 29.9 Å². The third-order valence-electron chi connectivity index (χ3n) is 5.66. The van der Waals surface area contributed by atoms with Crippen LogP contribution in [-0.4, -0.2) is 23.6 Å². The SMILES string of the molecule is COc1cc2c(cc1Nc1ncc3ccc(-c4cc(N)cc(C#N)c4)cc3n1)CNCC2. The van der Waals surface area contributed by atoms with Gasteiger partial charge in [0.2, 0.25) is 5.95 Å². The number of nitrogens with two attached hydrogens (primary N) is 1. The van der Waals surface area contributed by atoms with Gasteiger partial charge in [0.25, 0.3) is 0 Å². The second kappa shape index (κ2) is 8.17. The van der Waals surface area contributed by atoms with E-state index >= 15 is 0 Å². The van der Waals surface area contributed by atoms with E-state index in [0.29, 0.717) is 17.2 Å². The molecule has 32 heavy (non-hydrogen) atoms. The molecule has 3 aromatic carbocycles. The Kier molecular flexibility index (Phi) is 5.06. The van der Waals surface area contributed by atoms with Crippen LogP contribution in [0.25, 0.3) is 22.0 Å². The fourth-order valence-corrected chi connectivity index (χ4v) is 4.04. The van der Waals surface area contributed by atoms with E-state index in [2.05, 4.69) is 33.8 Å². The smallest absolute Gasteiger partial charge is 0.227 e. The van der Waals surface area contributed by atoms with Crippen molar-refractivity contribution in [2.75, 3.05) is 24.7 Å². The van der Waals surface area contributed by atoms with Crippen LogP contribution in [0.1, 0.15) is 16.7 Å². The van der Waals surface area contributed by atoms with Crippen LogP contribution in [0.15, 0.2) is 54.7 Å². The van der Waals surface area contributed by atoms with Gasteiger partial charge in [0.1, 0.15) is 5.75 Å². The van der Waals surface area contributed by atoms with Crippen molar-refractivity contribution < 1.29 is 4.74 Å². The second-order valence-corrected chi connectivity index (χ2v) is 7.80. The lowest BCUT2D eigenvalue weighted by molar-refractivity contribution is 0.415. The number of aromatic nitrogens is 2. The molecule has 0 unspecified atom stereocenters. The molecule has 158 valence electrons. The summed E-state index contributed by atoms with van der Waals surface area (Å²) >= 11 is 0. The van der Waals surface area contributed by atoms with Crippen LogP contribution in [0.2, 0.25) is 0 Å². The van der Waals surface area contributed by atoms with E-state index in [-0.39, 0.29) is 0 Å². The summed E-state index contributed by atoms with van der Waals surface area (Å²) < 4.78 is 5.60. The van der Waals surface area contributed by atoms with Crippen molar-refractivity contribution in [2.24, 2.45) is 0 Å². The van der Waals surface area contributed by atoms with Gasteiger partial charge >= 0.3 is 0 Å². The predicted molar refractivity (Wildman–Crippen MR) is 126 cm³/mol. The Hall–Kier alpha value is -4.15. The van der Waals surface area contributed by atoms with Gasteiger partial charge in [-0.15, -0.1) is 0 Å². The Morgan fingerprint density at radius 3 is 2.84 bits per heavy atom. The standard InChI is InChI=1S/C25H22N6O/c1-32-24-11-17-4-5-28-13-20(17)10-23(24)31-25-29-14-18-3-2-16(9-22(18)30-25)19-6-15(12-26)7-21(27)8-19/h2-3,6-11,14,28H,4-5,13,27H2,1H3,(H,29,30,31). The predicted octanol–water partition coefficient (Wildman–Crippen LogP) is 4.15. The lowest BCUT2D eigenvalue weighted by Crippen LogP contribution is -2.23. The van der Waals surface area contributed by atoms with Crippen LogP contribution in [0.5, 0.6) is 5.75 Å². The Morgan fingerprint density at radius 2 is 2.00 bits per heavy atom. The number of nitrogens with one attached hydrogen (secondary N) is 2.